The Kier molecular flexibility index (Phi) is 3.14. The van der Waals surface area contributed by atoms with E-state index in [1.165, 1.54) is 12.1 Å². The van der Waals surface area contributed by atoms with Gasteiger partial charge in [0.05, 0.1) is 5.52 Å². The fraction of sp³-hybridized carbons (Fsp3) is 0.125. The minimum Gasteiger partial charge on any atom is -0.228 e. The highest BCUT2D eigenvalue weighted by atomic mass is 35.5. The minimum atomic E-state index is -0.269. The summed E-state index contributed by atoms with van der Waals surface area (Å²) in [5.41, 5.74) is 3.41. The molecule has 0 fully saturated rings. The standard InChI is InChI=1S/C16H12ClFN2/c1-9-4-3-5-13-14(9)15(17)20-16(19-13)12-7-6-11(18)8-10(12)2/h3-8H,1-2H3. The third-order valence-corrected chi connectivity index (χ3v) is 3.59. The third-order valence-electron chi connectivity index (χ3n) is 3.32. The molecule has 0 atom stereocenters. The van der Waals surface area contributed by atoms with Gasteiger partial charge >= 0.3 is 0 Å². The summed E-state index contributed by atoms with van der Waals surface area (Å²) in [6.07, 6.45) is 0. The van der Waals surface area contributed by atoms with Crippen LogP contribution in [-0.4, -0.2) is 9.97 Å². The van der Waals surface area contributed by atoms with Crippen molar-refractivity contribution in [2.75, 3.05) is 0 Å². The highest BCUT2D eigenvalue weighted by Crippen LogP contribution is 2.28. The quantitative estimate of drug-likeness (QED) is 0.606. The van der Waals surface area contributed by atoms with Crippen LogP contribution < -0.4 is 0 Å². The third kappa shape index (κ3) is 2.14. The average Bonchev–Trinajstić information content (AvgIpc) is 2.38. The van der Waals surface area contributed by atoms with Gasteiger partial charge in [-0.1, -0.05) is 23.7 Å². The molecule has 3 rings (SSSR count). The summed E-state index contributed by atoms with van der Waals surface area (Å²) < 4.78 is 13.2. The number of rotatable bonds is 1. The van der Waals surface area contributed by atoms with Gasteiger partial charge in [-0.05, 0) is 49.2 Å². The first kappa shape index (κ1) is 13.0. The van der Waals surface area contributed by atoms with E-state index in [2.05, 4.69) is 9.97 Å². The Labute approximate surface area is 121 Å². The van der Waals surface area contributed by atoms with E-state index in [1.54, 1.807) is 6.07 Å². The van der Waals surface area contributed by atoms with Gasteiger partial charge in [0, 0.05) is 10.9 Å². The van der Waals surface area contributed by atoms with E-state index in [4.69, 9.17) is 11.6 Å². The molecule has 0 aliphatic rings. The summed E-state index contributed by atoms with van der Waals surface area (Å²) in [6, 6.07) is 10.4. The minimum absolute atomic E-state index is 0.269. The van der Waals surface area contributed by atoms with Crippen molar-refractivity contribution in [3.05, 3.63) is 58.5 Å². The van der Waals surface area contributed by atoms with Crippen LogP contribution in [0.15, 0.2) is 36.4 Å². The molecule has 20 heavy (non-hydrogen) atoms. The monoisotopic (exact) mass is 286 g/mol. The van der Waals surface area contributed by atoms with Gasteiger partial charge in [-0.15, -0.1) is 0 Å². The van der Waals surface area contributed by atoms with E-state index < -0.39 is 0 Å². The topological polar surface area (TPSA) is 25.8 Å². The molecule has 0 radical (unpaired) electrons. The highest BCUT2D eigenvalue weighted by molar-refractivity contribution is 6.34. The molecule has 0 saturated heterocycles. The number of nitrogens with zero attached hydrogens (tertiary/aromatic N) is 2. The maximum absolute atomic E-state index is 13.2. The van der Waals surface area contributed by atoms with Gasteiger partial charge in [-0.2, -0.15) is 0 Å². The van der Waals surface area contributed by atoms with Crippen molar-refractivity contribution in [1.29, 1.82) is 0 Å². The van der Waals surface area contributed by atoms with E-state index in [9.17, 15) is 4.39 Å². The van der Waals surface area contributed by atoms with Crippen LogP contribution in [0.3, 0.4) is 0 Å². The fourth-order valence-corrected chi connectivity index (χ4v) is 2.63. The van der Waals surface area contributed by atoms with Crippen molar-refractivity contribution in [2.45, 2.75) is 13.8 Å². The molecule has 4 heteroatoms. The Balaban J connectivity index is 2.28. The number of aryl methyl sites for hydroxylation is 2. The van der Waals surface area contributed by atoms with E-state index >= 15 is 0 Å². The van der Waals surface area contributed by atoms with Crippen molar-refractivity contribution < 1.29 is 4.39 Å². The zero-order valence-electron chi connectivity index (χ0n) is 11.1. The summed E-state index contributed by atoms with van der Waals surface area (Å²) in [5.74, 6) is 0.250. The fourth-order valence-electron chi connectivity index (χ4n) is 2.30. The molecule has 0 spiro atoms. The number of hydrogen-bond donors (Lipinski definition) is 0. The SMILES string of the molecule is Cc1cc(F)ccc1-c1nc(Cl)c2c(C)cccc2n1. The maximum atomic E-state index is 13.2. The molecule has 0 bridgehead atoms. The van der Waals surface area contributed by atoms with Crippen LogP contribution in [0.1, 0.15) is 11.1 Å². The Hall–Kier alpha value is -2.00. The molecule has 2 nitrogen and oxygen atoms in total. The van der Waals surface area contributed by atoms with Crippen molar-refractivity contribution in [3.8, 4) is 11.4 Å². The van der Waals surface area contributed by atoms with E-state index in [0.717, 1.165) is 27.6 Å². The summed E-state index contributed by atoms with van der Waals surface area (Å²) >= 11 is 6.28. The summed E-state index contributed by atoms with van der Waals surface area (Å²) in [4.78, 5) is 8.89. The van der Waals surface area contributed by atoms with E-state index in [0.29, 0.717) is 11.0 Å². The van der Waals surface area contributed by atoms with Gasteiger partial charge in [0.1, 0.15) is 11.0 Å². The summed E-state index contributed by atoms with van der Waals surface area (Å²) in [7, 11) is 0. The molecular formula is C16H12ClFN2. The summed E-state index contributed by atoms with van der Waals surface area (Å²) in [5, 5.41) is 1.28. The van der Waals surface area contributed by atoms with Crippen molar-refractivity contribution >= 4 is 22.5 Å². The van der Waals surface area contributed by atoms with Crippen molar-refractivity contribution in [2.24, 2.45) is 0 Å². The van der Waals surface area contributed by atoms with Crippen LogP contribution in [0.2, 0.25) is 5.15 Å². The van der Waals surface area contributed by atoms with Crippen LogP contribution in [-0.2, 0) is 0 Å². The Morgan fingerprint density at radius 3 is 2.55 bits per heavy atom. The normalized spacial score (nSPS) is 11.0. The van der Waals surface area contributed by atoms with E-state index in [-0.39, 0.29) is 5.82 Å². The van der Waals surface area contributed by atoms with Gasteiger partial charge in [0.15, 0.2) is 5.82 Å². The second-order valence-corrected chi connectivity index (χ2v) is 5.12. The first-order valence-electron chi connectivity index (χ1n) is 6.25. The van der Waals surface area contributed by atoms with Gasteiger partial charge in [-0.25, -0.2) is 14.4 Å². The van der Waals surface area contributed by atoms with Crippen molar-refractivity contribution in [1.82, 2.24) is 9.97 Å². The first-order chi connectivity index (χ1) is 9.56. The second-order valence-electron chi connectivity index (χ2n) is 4.77. The lowest BCUT2D eigenvalue weighted by Crippen LogP contribution is -1.95. The van der Waals surface area contributed by atoms with Gasteiger partial charge in [0.2, 0.25) is 0 Å². The maximum Gasteiger partial charge on any atom is 0.161 e. The number of fused-ring (bicyclic) bond motifs is 1. The number of benzene rings is 2. The molecule has 0 N–H and O–H groups in total. The molecule has 1 aromatic heterocycles. The molecule has 2 aromatic carbocycles. The Bertz CT molecular complexity index is 815. The molecular weight excluding hydrogens is 275 g/mol. The molecule has 0 aliphatic heterocycles. The largest absolute Gasteiger partial charge is 0.228 e. The first-order valence-corrected chi connectivity index (χ1v) is 6.63. The highest BCUT2D eigenvalue weighted by Gasteiger charge is 2.11. The second kappa shape index (κ2) is 4.84. The van der Waals surface area contributed by atoms with Crippen LogP contribution in [0.5, 0.6) is 0 Å². The van der Waals surface area contributed by atoms with E-state index in [1.807, 2.05) is 32.0 Å². The lowest BCUT2D eigenvalue weighted by Gasteiger charge is -2.08. The van der Waals surface area contributed by atoms with Gasteiger partial charge in [0.25, 0.3) is 0 Å². The zero-order valence-corrected chi connectivity index (χ0v) is 11.9. The van der Waals surface area contributed by atoms with Crippen LogP contribution in [0.4, 0.5) is 4.39 Å². The molecule has 0 aliphatic carbocycles. The predicted molar refractivity (Wildman–Crippen MR) is 79.4 cm³/mol. The van der Waals surface area contributed by atoms with Crippen LogP contribution in [0.25, 0.3) is 22.3 Å². The van der Waals surface area contributed by atoms with Gasteiger partial charge < -0.3 is 0 Å². The molecule has 100 valence electrons. The number of halogens is 2. The van der Waals surface area contributed by atoms with Crippen LogP contribution >= 0.6 is 11.6 Å². The van der Waals surface area contributed by atoms with Gasteiger partial charge in [-0.3, -0.25) is 0 Å². The Morgan fingerprint density at radius 1 is 1.00 bits per heavy atom. The zero-order chi connectivity index (χ0) is 14.3. The lowest BCUT2D eigenvalue weighted by molar-refractivity contribution is 0.627. The smallest absolute Gasteiger partial charge is 0.161 e. The predicted octanol–water partition coefficient (Wildman–Crippen LogP) is 4.71. The van der Waals surface area contributed by atoms with Crippen molar-refractivity contribution in [3.63, 3.8) is 0 Å². The van der Waals surface area contributed by atoms with Crippen LogP contribution in [0, 0.1) is 19.7 Å². The number of aromatic nitrogens is 2. The molecule has 3 aromatic rings. The molecule has 0 unspecified atom stereocenters. The Morgan fingerprint density at radius 2 is 1.80 bits per heavy atom. The molecule has 0 amide bonds. The molecule has 1 heterocycles. The number of hydrogen-bond acceptors (Lipinski definition) is 2. The average molecular weight is 287 g/mol. The molecule has 0 saturated carbocycles. The lowest BCUT2D eigenvalue weighted by atomic mass is 10.1. The summed E-state index contributed by atoms with van der Waals surface area (Å²) in [6.45, 7) is 3.80.